The lowest BCUT2D eigenvalue weighted by atomic mass is 9.94. The van der Waals surface area contributed by atoms with Crippen molar-refractivity contribution in [2.75, 3.05) is 7.05 Å². The summed E-state index contributed by atoms with van der Waals surface area (Å²) in [4.78, 5) is 0.286. The average molecular weight is 438 g/mol. The van der Waals surface area contributed by atoms with Crippen molar-refractivity contribution in [3.63, 3.8) is 0 Å². The second-order valence-corrected chi connectivity index (χ2v) is 10.5. The molecule has 1 aliphatic heterocycles. The van der Waals surface area contributed by atoms with E-state index < -0.39 is 10.0 Å². The summed E-state index contributed by atoms with van der Waals surface area (Å²) in [6.45, 7) is 4.34. The lowest BCUT2D eigenvalue weighted by Gasteiger charge is -2.32. The minimum atomic E-state index is -3.63. The van der Waals surface area contributed by atoms with Crippen LogP contribution in [0.1, 0.15) is 31.4 Å². The first-order valence-corrected chi connectivity index (χ1v) is 11.8. The van der Waals surface area contributed by atoms with Crippen molar-refractivity contribution in [2.45, 2.75) is 43.7 Å². The zero-order chi connectivity index (χ0) is 22.1. The Morgan fingerprint density at radius 1 is 0.968 bits per heavy atom. The fraction of sp³-hybridized carbons (Fsp3) is 0.280. The van der Waals surface area contributed by atoms with Crippen molar-refractivity contribution in [1.82, 2.24) is 4.31 Å². The second-order valence-electron chi connectivity index (χ2n) is 8.45. The lowest BCUT2D eigenvalue weighted by Crippen LogP contribution is -2.33. The Kier molecular flexibility index (Phi) is 5.77. The fourth-order valence-electron chi connectivity index (χ4n) is 3.65. The zero-order valence-electron chi connectivity index (χ0n) is 18.0. The number of rotatable bonds is 6. The molecule has 0 bridgehead atoms. The molecular weight excluding hydrogens is 410 g/mol. The highest BCUT2D eigenvalue weighted by Gasteiger charge is 2.29. The number of fused-ring (bicyclic) bond motifs is 1. The van der Waals surface area contributed by atoms with E-state index in [4.69, 9.17) is 9.47 Å². The molecule has 0 N–H and O–H groups in total. The molecule has 1 aliphatic rings. The van der Waals surface area contributed by atoms with Gasteiger partial charge in [-0.1, -0.05) is 30.3 Å². The number of nitrogens with zero attached hydrogens (tertiary/aromatic N) is 1. The van der Waals surface area contributed by atoms with Gasteiger partial charge in [-0.3, -0.25) is 0 Å². The number of sulfonamides is 1. The summed E-state index contributed by atoms with van der Waals surface area (Å²) in [6, 6.07) is 22.1. The summed E-state index contributed by atoms with van der Waals surface area (Å²) in [6.07, 6.45) is 1.65. The third-order valence-electron chi connectivity index (χ3n) is 5.41. The van der Waals surface area contributed by atoms with E-state index in [1.54, 1.807) is 25.2 Å². The maximum atomic E-state index is 13.2. The second kappa shape index (κ2) is 8.36. The molecule has 5 nitrogen and oxygen atoms in total. The first kappa shape index (κ1) is 21.4. The Hall–Kier alpha value is -2.83. The lowest BCUT2D eigenvalue weighted by molar-refractivity contribution is 0.0845. The SMILES string of the molecule is CN(Cc1cccc(Oc2ccccc2)c1)S(=O)(=O)c1ccc2c(c1)CCC(C)(C)O2. The predicted octanol–water partition coefficient (Wildman–Crippen LogP) is 5.40. The Balaban J connectivity index is 1.51. The summed E-state index contributed by atoms with van der Waals surface area (Å²) in [5.41, 5.74) is 1.56. The van der Waals surface area contributed by atoms with E-state index in [-0.39, 0.29) is 17.0 Å². The maximum absolute atomic E-state index is 13.2. The molecule has 0 saturated carbocycles. The van der Waals surface area contributed by atoms with E-state index in [1.165, 1.54) is 4.31 Å². The van der Waals surface area contributed by atoms with Crippen molar-refractivity contribution in [3.05, 3.63) is 83.9 Å². The van der Waals surface area contributed by atoms with Gasteiger partial charge in [-0.15, -0.1) is 0 Å². The van der Waals surface area contributed by atoms with Gasteiger partial charge in [-0.2, -0.15) is 4.31 Å². The summed E-state index contributed by atoms with van der Waals surface area (Å²) < 4.78 is 39.6. The Morgan fingerprint density at radius 3 is 2.48 bits per heavy atom. The zero-order valence-corrected chi connectivity index (χ0v) is 18.9. The van der Waals surface area contributed by atoms with Crippen molar-refractivity contribution in [1.29, 1.82) is 0 Å². The average Bonchev–Trinajstić information content (AvgIpc) is 2.73. The quantitative estimate of drug-likeness (QED) is 0.518. The van der Waals surface area contributed by atoms with Gasteiger partial charge in [0.05, 0.1) is 4.90 Å². The molecule has 162 valence electrons. The van der Waals surface area contributed by atoms with Crippen LogP contribution in [-0.2, 0) is 23.0 Å². The molecule has 0 amide bonds. The van der Waals surface area contributed by atoms with Crippen LogP contribution in [-0.4, -0.2) is 25.4 Å². The Bertz CT molecular complexity index is 1170. The molecule has 0 aromatic heterocycles. The van der Waals surface area contributed by atoms with Crippen LogP contribution < -0.4 is 9.47 Å². The molecule has 0 radical (unpaired) electrons. The molecule has 0 saturated heterocycles. The first-order chi connectivity index (χ1) is 14.7. The van der Waals surface area contributed by atoms with Crippen LogP contribution in [0.4, 0.5) is 0 Å². The van der Waals surface area contributed by atoms with E-state index >= 15 is 0 Å². The van der Waals surface area contributed by atoms with Crippen LogP contribution in [0.25, 0.3) is 0 Å². The number of benzene rings is 3. The predicted molar refractivity (Wildman–Crippen MR) is 121 cm³/mol. The molecule has 4 rings (SSSR count). The first-order valence-electron chi connectivity index (χ1n) is 10.3. The third kappa shape index (κ3) is 4.92. The Labute approximate surface area is 184 Å². The smallest absolute Gasteiger partial charge is 0.243 e. The van der Waals surface area contributed by atoms with Crippen molar-refractivity contribution >= 4 is 10.0 Å². The van der Waals surface area contributed by atoms with Crippen LogP contribution in [0.2, 0.25) is 0 Å². The molecule has 3 aromatic rings. The molecule has 0 aliphatic carbocycles. The van der Waals surface area contributed by atoms with Crippen LogP contribution in [0.15, 0.2) is 77.7 Å². The monoisotopic (exact) mass is 437 g/mol. The number of aryl methyl sites for hydroxylation is 1. The molecule has 0 unspecified atom stereocenters. The minimum absolute atomic E-state index is 0.225. The molecule has 3 aromatic carbocycles. The van der Waals surface area contributed by atoms with Crippen LogP contribution in [0.5, 0.6) is 17.2 Å². The highest BCUT2D eigenvalue weighted by molar-refractivity contribution is 7.89. The van der Waals surface area contributed by atoms with Crippen molar-refractivity contribution < 1.29 is 17.9 Å². The summed E-state index contributed by atoms with van der Waals surface area (Å²) in [5, 5.41) is 0. The summed E-state index contributed by atoms with van der Waals surface area (Å²) >= 11 is 0. The van der Waals surface area contributed by atoms with E-state index in [1.807, 2.05) is 68.4 Å². The maximum Gasteiger partial charge on any atom is 0.243 e. The highest BCUT2D eigenvalue weighted by atomic mass is 32.2. The van der Waals surface area contributed by atoms with E-state index in [0.29, 0.717) is 5.75 Å². The highest BCUT2D eigenvalue weighted by Crippen LogP contribution is 2.35. The van der Waals surface area contributed by atoms with Gasteiger partial charge in [0.25, 0.3) is 0 Å². The van der Waals surface area contributed by atoms with E-state index in [2.05, 4.69) is 0 Å². The Morgan fingerprint density at radius 2 is 1.71 bits per heavy atom. The molecule has 31 heavy (non-hydrogen) atoms. The number of hydrogen-bond donors (Lipinski definition) is 0. The fourth-order valence-corrected chi connectivity index (χ4v) is 4.86. The minimum Gasteiger partial charge on any atom is -0.488 e. The van der Waals surface area contributed by atoms with E-state index in [0.717, 1.165) is 35.5 Å². The van der Waals surface area contributed by atoms with E-state index in [9.17, 15) is 8.42 Å². The number of ether oxygens (including phenoxy) is 2. The van der Waals surface area contributed by atoms with Gasteiger partial charge in [0.2, 0.25) is 10.0 Å². The van der Waals surface area contributed by atoms with Crippen molar-refractivity contribution in [2.24, 2.45) is 0 Å². The normalized spacial score (nSPS) is 15.2. The molecule has 0 atom stereocenters. The van der Waals surface area contributed by atoms with Crippen LogP contribution >= 0.6 is 0 Å². The summed E-state index contributed by atoms with van der Waals surface area (Å²) in [7, 11) is -2.04. The van der Waals surface area contributed by atoms with Crippen LogP contribution in [0.3, 0.4) is 0 Å². The molecular formula is C25H27NO4S. The van der Waals surface area contributed by atoms with Crippen LogP contribution in [0, 0.1) is 0 Å². The number of hydrogen-bond acceptors (Lipinski definition) is 4. The van der Waals surface area contributed by atoms with Crippen molar-refractivity contribution in [3.8, 4) is 17.2 Å². The molecule has 6 heteroatoms. The topological polar surface area (TPSA) is 55.8 Å². The molecule has 0 spiro atoms. The van der Waals surface area contributed by atoms with Gasteiger partial charge in [0.15, 0.2) is 0 Å². The molecule has 1 heterocycles. The van der Waals surface area contributed by atoms with Gasteiger partial charge in [0, 0.05) is 13.6 Å². The molecule has 0 fully saturated rings. The van der Waals surface area contributed by atoms with Gasteiger partial charge in [-0.05, 0) is 80.3 Å². The number of para-hydroxylation sites is 1. The van der Waals surface area contributed by atoms with Gasteiger partial charge >= 0.3 is 0 Å². The standard InChI is InChI=1S/C25H27NO4S/c1-25(2)15-14-20-17-23(12-13-24(20)30-25)31(27,28)26(3)18-19-8-7-11-22(16-19)29-21-9-5-4-6-10-21/h4-13,16-17H,14-15,18H2,1-3H3. The largest absolute Gasteiger partial charge is 0.488 e. The van der Waals surface area contributed by atoms with Gasteiger partial charge < -0.3 is 9.47 Å². The third-order valence-corrected chi connectivity index (χ3v) is 7.20. The van der Waals surface area contributed by atoms with Gasteiger partial charge in [0.1, 0.15) is 22.8 Å². The summed E-state index contributed by atoms with van der Waals surface area (Å²) in [5.74, 6) is 2.17. The van der Waals surface area contributed by atoms with Gasteiger partial charge in [-0.25, -0.2) is 8.42 Å².